The largest absolute Gasteiger partial charge is 0.313 e. The summed E-state index contributed by atoms with van der Waals surface area (Å²) in [6, 6.07) is 0. The summed E-state index contributed by atoms with van der Waals surface area (Å²) in [5.74, 6) is 0. The first kappa shape index (κ1) is 7.92. The summed E-state index contributed by atoms with van der Waals surface area (Å²) in [4.78, 5) is 0. The molecule has 0 bridgehead atoms. The first-order chi connectivity index (χ1) is 3.62. The molecule has 0 spiro atoms. The van der Waals surface area contributed by atoms with Crippen molar-refractivity contribution in [3.05, 3.63) is 6.92 Å². The maximum atomic E-state index is 5.54. The van der Waals surface area contributed by atoms with E-state index in [0.29, 0.717) is 6.42 Å². The van der Waals surface area contributed by atoms with Crippen molar-refractivity contribution in [3.63, 3.8) is 0 Å². The summed E-state index contributed by atoms with van der Waals surface area (Å²) in [5, 5.41) is 0. The normalized spacial score (nSPS) is 12.0. The lowest BCUT2D eigenvalue weighted by Crippen LogP contribution is -2.48. The maximum Gasteiger partial charge on any atom is 0.0636 e. The van der Waals surface area contributed by atoms with Gasteiger partial charge in [-0.05, 0) is 12.8 Å². The highest BCUT2D eigenvalue weighted by molar-refractivity contribution is 4.76. The second-order valence-electron chi connectivity index (χ2n) is 2.23. The first-order valence-electron chi connectivity index (χ1n) is 2.99. The van der Waals surface area contributed by atoms with Gasteiger partial charge >= 0.3 is 0 Å². The third-order valence-corrected chi connectivity index (χ3v) is 1.18. The molecule has 0 unspecified atom stereocenters. The van der Waals surface area contributed by atoms with Crippen molar-refractivity contribution in [1.82, 2.24) is 0 Å². The smallest absolute Gasteiger partial charge is 0.0636 e. The lowest BCUT2D eigenvalue weighted by molar-refractivity contribution is 0.407. The minimum atomic E-state index is -0.519. The van der Waals surface area contributed by atoms with Gasteiger partial charge in [-0.25, -0.2) is 0 Å². The van der Waals surface area contributed by atoms with E-state index in [-0.39, 0.29) is 0 Å². The zero-order chi connectivity index (χ0) is 6.62. The van der Waals surface area contributed by atoms with Gasteiger partial charge in [0, 0.05) is 0 Å². The van der Waals surface area contributed by atoms with Crippen LogP contribution in [0.1, 0.15) is 26.2 Å². The van der Waals surface area contributed by atoms with Crippen LogP contribution in [0.25, 0.3) is 0 Å². The third kappa shape index (κ3) is 2.99. The summed E-state index contributed by atoms with van der Waals surface area (Å²) in [6.45, 7) is 5.69. The fraction of sp³-hybridized carbons (Fsp3) is 0.833. The molecule has 0 aliphatic rings. The standard InChI is InChI=1S/C6H15N2/c1-3-5-6(7,8)4-2/h2-5,7-8H2,1H3. The second-order valence-corrected chi connectivity index (χ2v) is 2.23. The molecule has 0 amide bonds. The van der Waals surface area contributed by atoms with Crippen molar-refractivity contribution in [2.75, 3.05) is 0 Å². The SMILES string of the molecule is [CH2]CC(N)(N)CCC. The Morgan fingerprint density at radius 2 is 2.00 bits per heavy atom. The monoisotopic (exact) mass is 115 g/mol. The van der Waals surface area contributed by atoms with Gasteiger partial charge in [0.2, 0.25) is 0 Å². The van der Waals surface area contributed by atoms with Gasteiger partial charge in [0.15, 0.2) is 0 Å². The van der Waals surface area contributed by atoms with Crippen LogP contribution in [0.2, 0.25) is 0 Å². The van der Waals surface area contributed by atoms with Gasteiger partial charge in [-0.3, -0.25) is 0 Å². The van der Waals surface area contributed by atoms with Crippen molar-refractivity contribution < 1.29 is 0 Å². The highest BCUT2D eigenvalue weighted by atomic mass is 14.9. The molecule has 0 rings (SSSR count). The first-order valence-corrected chi connectivity index (χ1v) is 2.99. The Balaban J connectivity index is 3.37. The average Bonchev–Trinajstić information content (AvgIpc) is 1.67. The molecule has 0 aromatic rings. The van der Waals surface area contributed by atoms with E-state index in [1.54, 1.807) is 0 Å². The Bertz CT molecular complexity index is 59.5. The van der Waals surface area contributed by atoms with Crippen LogP contribution in [-0.4, -0.2) is 5.66 Å². The lowest BCUT2D eigenvalue weighted by Gasteiger charge is -2.20. The van der Waals surface area contributed by atoms with E-state index >= 15 is 0 Å². The number of rotatable bonds is 3. The molecule has 1 radical (unpaired) electrons. The van der Waals surface area contributed by atoms with Crippen molar-refractivity contribution in [3.8, 4) is 0 Å². The van der Waals surface area contributed by atoms with Gasteiger partial charge in [-0.15, -0.1) is 0 Å². The lowest BCUT2D eigenvalue weighted by atomic mass is 10.0. The number of hydrogen-bond donors (Lipinski definition) is 2. The van der Waals surface area contributed by atoms with E-state index in [1.807, 2.05) is 0 Å². The van der Waals surface area contributed by atoms with Crippen molar-refractivity contribution >= 4 is 0 Å². The molecule has 2 nitrogen and oxygen atoms in total. The summed E-state index contributed by atoms with van der Waals surface area (Å²) in [6.07, 6.45) is 2.50. The van der Waals surface area contributed by atoms with E-state index < -0.39 is 5.66 Å². The van der Waals surface area contributed by atoms with E-state index in [2.05, 4.69) is 13.8 Å². The van der Waals surface area contributed by atoms with Crippen molar-refractivity contribution in [2.24, 2.45) is 11.5 Å². The van der Waals surface area contributed by atoms with Gasteiger partial charge in [0.25, 0.3) is 0 Å². The van der Waals surface area contributed by atoms with Gasteiger partial charge in [0.1, 0.15) is 0 Å². The van der Waals surface area contributed by atoms with Crippen LogP contribution in [0.5, 0.6) is 0 Å². The molecule has 8 heavy (non-hydrogen) atoms. The van der Waals surface area contributed by atoms with Crippen LogP contribution in [-0.2, 0) is 0 Å². The van der Waals surface area contributed by atoms with E-state index in [1.165, 1.54) is 0 Å². The Kier molecular flexibility index (Phi) is 3.02. The Morgan fingerprint density at radius 3 is 2.12 bits per heavy atom. The zero-order valence-corrected chi connectivity index (χ0v) is 5.48. The summed E-state index contributed by atoms with van der Waals surface area (Å²) < 4.78 is 0. The Hall–Kier alpha value is -0.0800. The van der Waals surface area contributed by atoms with Crippen LogP contribution in [0.4, 0.5) is 0 Å². The van der Waals surface area contributed by atoms with Crippen LogP contribution in [0.15, 0.2) is 0 Å². The van der Waals surface area contributed by atoms with Crippen LogP contribution >= 0.6 is 0 Å². The van der Waals surface area contributed by atoms with Gasteiger partial charge < -0.3 is 11.5 Å². The molecular formula is C6H15N2. The zero-order valence-electron chi connectivity index (χ0n) is 5.48. The minimum absolute atomic E-state index is 0.519. The molecule has 2 heteroatoms. The molecule has 0 fully saturated rings. The predicted molar refractivity (Wildman–Crippen MR) is 36.0 cm³/mol. The summed E-state index contributed by atoms with van der Waals surface area (Å²) in [5.41, 5.74) is 10.6. The van der Waals surface area contributed by atoms with Gasteiger partial charge in [-0.1, -0.05) is 20.3 Å². The molecule has 0 saturated heterocycles. The Morgan fingerprint density at radius 1 is 1.50 bits per heavy atom. The fourth-order valence-corrected chi connectivity index (χ4v) is 0.590. The number of hydrogen-bond acceptors (Lipinski definition) is 2. The van der Waals surface area contributed by atoms with Crippen molar-refractivity contribution in [2.45, 2.75) is 31.8 Å². The van der Waals surface area contributed by atoms with E-state index in [4.69, 9.17) is 11.5 Å². The van der Waals surface area contributed by atoms with Crippen LogP contribution in [0, 0.1) is 6.92 Å². The molecule has 0 heterocycles. The van der Waals surface area contributed by atoms with Gasteiger partial charge in [-0.2, -0.15) is 0 Å². The summed E-state index contributed by atoms with van der Waals surface area (Å²) >= 11 is 0. The molecule has 0 aromatic carbocycles. The predicted octanol–water partition coefficient (Wildman–Crippen LogP) is 0.624. The van der Waals surface area contributed by atoms with Gasteiger partial charge in [0.05, 0.1) is 5.66 Å². The Labute approximate surface area is 51.2 Å². The van der Waals surface area contributed by atoms with E-state index in [0.717, 1.165) is 12.8 Å². The topological polar surface area (TPSA) is 52.0 Å². The number of nitrogens with two attached hydrogens (primary N) is 2. The maximum absolute atomic E-state index is 5.54. The van der Waals surface area contributed by atoms with Crippen LogP contribution < -0.4 is 11.5 Å². The molecule has 4 N–H and O–H groups in total. The minimum Gasteiger partial charge on any atom is -0.313 e. The van der Waals surface area contributed by atoms with Crippen molar-refractivity contribution in [1.29, 1.82) is 0 Å². The molecule has 0 aliphatic carbocycles. The molecular weight excluding hydrogens is 100 g/mol. The molecule has 0 saturated carbocycles. The van der Waals surface area contributed by atoms with Crippen LogP contribution in [0.3, 0.4) is 0 Å². The second kappa shape index (κ2) is 3.05. The fourth-order valence-electron chi connectivity index (χ4n) is 0.590. The highest BCUT2D eigenvalue weighted by Gasteiger charge is 2.12. The third-order valence-electron chi connectivity index (χ3n) is 1.18. The molecule has 49 valence electrons. The molecule has 0 atom stereocenters. The molecule has 0 aromatic heterocycles. The van der Waals surface area contributed by atoms with E-state index in [9.17, 15) is 0 Å². The highest BCUT2D eigenvalue weighted by Crippen LogP contribution is 2.04. The quantitative estimate of drug-likeness (QED) is 0.530. The average molecular weight is 115 g/mol. The molecule has 0 aliphatic heterocycles. The summed E-state index contributed by atoms with van der Waals surface area (Å²) in [7, 11) is 0.